The zero-order valence-corrected chi connectivity index (χ0v) is 14.1. The molecule has 2 N–H and O–H groups in total. The van der Waals surface area contributed by atoms with E-state index in [1.54, 1.807) is 6.07 Å². The van der Waals surface area contributed by atoms with Gasteiger partial charge in [-0.15, -0.1) is 10.2 Å². The zero-order chi connectivity index (χ0) is 16.6. The van der Waals surface area contributed by atoms with Crippen LogP contribution in [0.1, 0.15) is 55.4 Å². The molecule has 0 aromatic carbocycles. The third-order valence-corrected chi connectivity index (χ3v) is 4.59. The molecule has 0 radical (unpaired) electrons. The van der Waals surface area contributed by atoms with Gasteiger partial charge in [-0.25, -0.2) is 0 Å². The van der Waals surface area contributed by atoms with E-state index in [-0.39, 0.29) is 11.9 Å². The number of amides is 1. The highest BCUT2D eigenvalue weighted by Gasteiger charge is 2.17. The Morgan fingerprint density at radius 2 is 2.08 bits per heavy atom. The largest absolute Gasteiger partial charge is 0.381 e. The highest BCUT2D eigenvalue weighted by atomic mass is 16.5. The Bertz CT molecular complexity index is 565. The van der Waals surface area contributed by atoms with Crippen molar-refractivity contribution in [1.82, 2.24) is 15.5 Å². The molecule has 0 saturated carbocycles. The predicted molar refractivity (Wildman–Crippen MR) is 93.0 cm³/mol. The Labute approximate surface area is 143 Å². The van der Waals surface area contributed by atoms with Crippen LogP contribution in [0.4, 0.5) is 5.82 Å². The van der Waals surface area contributed by atoms with Crippen molar-refractivity contribution < 1.29 is 9.53 Å². The van der Waals surface area contributed by atoms with Crippen molar-refractivity contribution in [2.24, 2.45) is 0 Å². The zero-order valence-electron chi connectivity index (χ0n) is 14.1. The topological polar surface area (TPSA) is 76.1 Å². The molecule has 1 aromatic heterocycles. The summed E-state index contributed by atoms with van der Waals surface area (Å²) in [4.78, 5) is 12.2. The molecule has 6 heteroatoms. The summed E-state index contributed by atoms with van der Waals surface area (Å²) in [5.74, 6) is 0.558. The van der Waals surface area contributed by atoms with E-state index in [0.717, 1.165) is 25.8 Å². The summed E-state index contributed by atoms with van der Waals surface area (Å²) in [6, 6.07) is 3.72. The SMILES string of the molecule is O=C(NC1CCOCC1)c1ccc(NCCC2=CCCCC2)nn1. The summed E-state index contributed by atoms with van der Waals surface area (Å²) in [5.41, 5.74) is 1.90. The van der Waals surface area contributed by atoms with Crippen LogP contribution in [0, 0.1) is 0 Å². The van der Waals surface area contributed by atoms with E-state index in [9.17, 15) is 4.79 Å². The molecule has 1 saturated heterocycles. The molecule has 130 valence electrons. The molecule has 6 nitrogen and oxygen atoms in total. The van der Waals surface area contributed by atoms with Crippen molar-refractivity contribution in [1.29, 1.82) is 0 Å². The standard InChI is InChI=1S/C18H26N4O2/c23-18(20-15-9-12-24-13-10-15)16-6-7-17(22-21-16)19-11-8-14-4-2-1-3-5-14/h4,6-7,15H,1-3,5,8-13H2,(H,19,22)(H,20,23). The summed E-state index contributed by atoms with van der Waals surface area (Å²) < 4.78 is 5.29. The van der Waals surface area contributed by atoms with Crippen LogP contribution in [0.25, 0.3) is 0 Å². The Morgan fingerprint density at radius 3 is 2.79 bits per heavy atom. The number of aromatic nitrogens is 2. The van der Waals surface area contributed by atoms with Crippen LogP contribution in [0.2, 0.25) is 0 Å². The van der Waals surface area contributed by atoms with Gasteiger partial charge in [0.25, 0.3) is 5.91 Å². The molecular weight excluding hydrogens is 304 g/mol. The van der Waals surface area contributed by atoms with E-state index in [0.29, 0.717) is 24.7 Å². The number of nitrogens with zero attached hydrogens (tertiary/aromatic N) is 2. The molecule has 0 spiro atoms. The van der Waals surface area contributed by atoms with Crippen LogP contribution in [-0.4, -0.2) is 41.9 Å². The minimum atomic E-state index is -0.159. The van der Waals surface area contributed by atoms with Crippen LogP contribution < -0.4 is 10.6 Å². The summed E-state index contributed by atoms with van der Waals surface area (Å²) in [5, 5.41) is 14.4. The molecule has 1 aliphatic heterocycles. The van der Waals surface area contributed by atoms with Gasteiger partial charge in [-0.05, 0) is 57.1 Å². The van der Waals surface area contributed by atoms with Gasteiger partial charge in [-0.3, -0.25) is 4.79 Å². The molecule has 1 amide bonds. The lowest BCUT2D eigenvalue weighted by Crippen LogP contribution is -2.39. The quantitative estimate of drug-likeness (QED) is 0.784. The number of allylic oxidation sites excluding steroid dienone is 1. The average molecular weight is 330 g/mol. The normalized spacial score (nSPS) is 18.8. The second-order valence-electron chi connectivity index (χ2n) is 6.45. The number of rotatable bonds is 6. The first-order valence-corrected chi connectivity index (χ1v) is 8.95. The fourth-order valence-corrected chi connectivity index (χ4v) is 3.13. The first-order chi connectivity index (χ1) is 11.8. The summed E-state index contributed by atoms with van der Waals surface area (Å²) >= 11 is 0. The fraction of sp³-hybridized carbons (Fsp3) is 0.611. The number of carbonyl (C=O) groups is 1. The van der Waals surface area contributed by atoms with Gasteiger partial charge >= 0.3 is 0 Å². The number of carbonyl (C=O) groups excluding carboxylic acids is 1. The van der Waals surface area contributed by atoms with Gasteiger partial charge in [0.15, 0.2) is 5.69 Å². The molecule has 24 heavy (non-hydrogen) atoms. The monoisotopic (exact) mass is 330 g/mol. The van der Waals surface area contributed by atoms with E-state index in [2.05, 4.69) is 26.9 Å². The van der Waals surface area contributed by atoms with Gasteiger partial charge in [-0.1, -0.05) is 11.6 Å². The van der Waals surface area contributed by atoms with Crippen LogP contribution >= 0.6 is 0 Å². The van der Waals surface area contributed by atoms with Gasteiger partial charge < -0.3 is 15.4 Å². The van der Waals surface area contributed by atoms with Crippen molar-refractivity contribution in [3.8, 4) is 0 Å². The van der Waals surface area contributed by atoms with E-state index < -0.39 is 0 Å². The molecule has 3 rings (SSSR count). The fourth-order valence-electron chi connectivity index (χ4n) is 3.13. The average Bonchev–Trinajstić information content (AvgIpc) is 2.64. The molecule has 0 atom stereocenters. The predicted octanol–water partition coefficient (Wildman–Crippen LogP) is 2.69. The lowest BCUT2D eigenvalue weighted by Gasteiger charge is -2.22. The van der Waals surface area contributed by atoms with Gasteiger partial charge in [0.2, 0.25) is 0 Å². The molecule has 1 aromatic rings. The summed E-state index contributed by atoms with van der Waals surface area (Å²) in [6.45, 7) is 2.26. The van der Waals surface area contributed by atoms with Crippen LogP contribution in [-0.2, 0) is 4.74 Å². The maximum Gasteiger partial charge on any atom is 0.272 e. The molecular formula is C18H26N4O2. The van der Waals surface area contributed by atoms with Crippen molar-refractivity contribution >= 4 is 11.7 Å². The summed E-state index contributed by atoms with van der Waals surface area (Å²) in [7, 11) is 0. The highest BCUT2D eigenvalue weighted by molar-refractivity contribution is 5.92. The van der Waals surface area contributed by atoms with Gasteiger partial charge in [0, 0.05) is 25.8 Å². The second kappa shape index (κ2) is 8.78. The highest BCUT2D eigenvalue weighted by Crippen LogP contribution is 2.19. The number of anilines is 1. The van der Waals surface area contributed by atoms with Crippen molar-refractivity contribution in [2.45, 2.75) is 51.0 Å². The van der Waals surface area contributed by atoms with E-state index in [1.807, 2.05) is 6.07 Å². The van der Waals surface area contributed by atoms with Crippen LogP contribution in [0.3, 0.4) is 0 Å². The Kier molecular flexibility index (Phi) is 6.18. The van der Waals surface area contributed by atoms with Gasteiger partial charge in [0.1, 0.15) is 5.82 Å². The van der Waals surface area contributed by atoms with Crippen molar-refractivity contribution in [3.63, 3.8) is 0 Å². The first-order valence-electron chi connectivity index (χ1n) is 8.95. The van der Waals surface area contributed by atoms with E-state index in [1.165, 1.54) is 31.3 Å². The maximum atomic E-state index is 12.2. The minimum absolute atomic E-state index is 0.159. The molecule has 2 heterocycles. The number of nitrogens with one attached hydrogen (secondary N) is 2. The lowest BCUT2D eigenvalue weighted by molar-refractivity contribution is 0.0693. The number of ether oxygens (including phenoxy) is 1. The molecule has 1 fully saturated rings. The van der Waals surface area contributed by atoms with Gasteiger partial charge in [0.05, 0.1) is 0 Å². The van der Waals surface area contributed by atoms with E-state index in [4.69, 9.17) is 4.74 Å². The number of hydrogen-bond acceptors (Lipinski definition) is 5. The molecule has 0 bridgehead atoms. The van der Waals surface area contributed by atoms with Gasteiger partial charge in [-0.2, -0.15) is 0 Å². The third-order valence-electron chi connectivity index (χ3n) is 4.59. The minimum Gasteiger partial charge on any atom is -0.381 e. The first kappa shape index (κ1) is 16.9. The van der Waals surface area contributed by atoms with Crippen molar-refractivity contribution in [2.75, 3.05) is 25.1 Å². The number of hydrogen-bond donors (Lipinski definition) is 2. The smallest absolute Gasteiger partial charge is 0.272 e. The Hall–Kier alpha value is -1.95. The Balaban J connectivity index is 1.44. The lowest BCUT2D eigenvalue weighted by atomic mass is 9.97. The second-order valence-corrected chi connectivity index (χ2v) is 6.45. The maximum absolute atomic E-state index is 12.2. The summed E-state index contributed by atoms with van der Waals surface area (Å²) in [6.07, 6.45) is 10.2. The molecule has 2 aliphatic rings. The molecule has 1 aliphatic carbocycles. The Morgan fingerprint density at radius 1 is 1.21 bits per heavy atom. The van der Waals surface area contributed by atoms with Crippen LogP contribution in [0.5, 0.6) is 0 Å². The van der Waals surface area contributed by atoms with Crippen LogP contribution in [0.15, 0.2) is 23.8 Å². The van der Waals surface area contributed by atoms with E-state index >= 15 is 0 Å². The molecule has 0 unspecified atom stereocenters. The third kappa shape index (κ3) is 5.03. The van der Waals surface area contributed by atoms with Crippen molar-refractivity contribution in [3.05, 3.63) is 29.5 Å².